The molecule has 1 saturated carbocycles. The molecule has 20 heavy (non-hydrogen) atoms. The zero-order valence-electron chi connectivity index (χ0n) is 12.4. The minimum atomic E-state index is 0.508. The largest absolute Gasteiger partial charge is 0.490 e. The fraction of sp³-hybridized carbons (Fsp3) is 0.529. The molecule has 0 heterocycles. The first-order chi connectivity index (χ1) is 9.83. The van der Waals surface area contributed by atoms with Crippen molar-refractivity contribution in [1.82, 2.24) is 0 Å². The lowest BCUT2D eigenvalue weighted by Crippen LogP contribution is -2.87. The highest BCUT2D eigenvalue weighted by molar-refractivity contribution is 5.42. The Morgan fingerprint density at radius 3 is 2.75 bits per heavy atom. The molecule has 0 spiro atoms. The molecule has 0 unspecified atom stereocenters. The topological polar surface area (TPSA) is 35.1 Å². The van der Waals surface area contributed by atoms with Gasteiger partial charge in [-0.1, -0.05) is 12.7 Å². The number of quaternary nitrogens is 1. The molecule has 1 aromatic carbocycles. The van der Waals surface area contributed by atoms with Crippen molar-refractivity contribution in [1.29, 1.82) is 0 Å². The van der Waals surface area contributed by atoms with Crippen molar-refractivity contribution in [2.24, 2.45) is 0 Å². The van der Waals surface area contributed by atoms with Gasteiger partial charge in [0.25, 0.3) is 0 Å². The summed E-state index contributed by atoms with van der Waals surface area (Å²) in [6.07, 6.45) is 7.24. The van der Waals surface area contributed by atoms with Crippen LogP contribution in [0, 0.1) is 0 Å². The Kier molecular flexibility index (Phi) is 5.93. The summed E-state index contributed by atoms with van der Waals surface area (Å²) in [7, 11) is 0. The third kappa shape index (κ3) is 4.27. The summed E-state index contributed by atoms with van der Waals surface area (Å²) >= 11 is 0. The predicted molar refractivity (Wildman–Crippen MR) is 81.2 cm³/mol. The fourth-order valence-corrected chi connectivity index (χ4v) is 2.71. The lowest BCUT2D eigenvalue weighted by molar-refractivity contribution is -0.703. The van der Waals surface area contributed by atoms with E-state index in [-0.39, 0.29) is 0 Å². The van der Waals surface area contributed by atoms with Crippen LogP contribution >= 0.6 is 0 Å². The summed E-state index contributed by atoms with van der Waals surface area (Å²) in [5.74, 6) is 1.64. The molecule has 2 N–H and O–H groups in total. The van der Waals surface area contributed by atoms with Crippen LogP contribution in [0.5, 0.6) is 11.5 Å². The third-order valence-corrected chi connectivity index (χ3v) is 3.75. The Morgan fingerprint density at radius 2 is 2.05 bits per heavy atom. The van der Waals surface area contributed by atoms with Gasteiger partial charge in [0.1, 0.15) is 13.2 Å². The minimum Gasteiger partial charge on any atom is -0.490 e. The van der Waals surface area contributed by atoms with E-state index < -0.39 is 0 Å². The zero-order valence-corrected chi connectivity index (χ0v) is 12.4. The van der Waals surface area contributed by atoms with Crippen molar-refractivity contribution >= 4 is 0 Å². The molecule has 0 atom stereocenters. The molecule has 3 heteroatoms. The Balaban J connectivity index is 1.97. The van der Waals surface area contributed by atoms with Gasteiger partial charge in [-0.05, 0) is 50.8 Å². The maximum absolute atomic E-state index is 5.67. The third-order valence-electron chi connectivity index (χ3n) is 3.75. The van der Waals surface area contributed by atoms with E-state index in [9.17, 15) is 0 Å². The minimum absolute atomic E-state index is 0.508. The maximum Gasteiger partial charge on any atom is 0.161 e. The van der Waals surface area contributed by atoms with E-state index in [1.165, 1.54) is 31.2 Å². The van der Waals surface area contributed by atoms with Gasteiger partial charge in [0.05, 0.1) is 12.6 Å². The van der Waals surface area contributed by atoms with Gasteiger partial charge in [0.2, 0.25) is 0 Å². The molecular formula is C17H26NO2+. The highest BCUT2D eigenvalue weighted by Gasteiger charge is 2.17. The van der Waals surface area contributed by atoms with Gasteiger partial charge in [-0.25, -0.2) is 0 Å². The molecule has 3 nitrogen and oxygen atoms in total. The normalized spacial score (nSPS) is 15.2. The molecular weight excluding hydrogens is 250 g/mol. The molecule has 110 valence electrons. The smallest absolute Gasteiger partial charge is 0.161 e. The van der Waals surface area contributed by atoms with Crippen LogP contribution < -0.4 is 14.8 Å². The molecule has 0 saturated heterocycles. The molecule has 2 rings (SSSR count). The molecule has 1 fully saturated rings. The Morgan fingerprint density at radius 1 is 1.25 bits per heavy atom. The first-order valence-corrected chi connectivity index (χ1v) is 7.66. The summed E-state index contributed by atoms with van der Waals surface area (Å²) in [5, 5.41) is 2.46. The van der Waals surface area contributed by atoms with Crippen LogP contribution in [0.3, 0.4) is 0 Å². The van der Waals surface area contributed by atoms with Crippen molar-refractivity contribution in [3.8, 4) is 11.5 Å². The molecule has 0 amide bonds. The number of hydrogen-bond acceptors (Lipinski definition) is 2. The lowest BCUT2D eigenvalue weighted by Gasteiger charge is -2.13. The van der Waals surface area contributed by atoms with E-state index in [2.05, 4.69) is 24.0 Å². The molecule has 1 aliphatic rings. The fourth-order valence-electron chi connectivity index (χ4n) is 2.71. The van der Waals surface area contributed by atoms with Gasteiger partial charge in [-0.2, -0.15) is 0 Å². The monoisotopic (exact) mass is 276 g/mol. The Labute approximate surface area is 122 Å². The van der Waals surface area contributed by atoms with Gasteiger partial charge in [0.15, 0.2) is 11.5 Å². The molecule has 0 radical (unpaired) electrons. The van der Waals surface area contributed by atoms with Crippen molar-refractivity contribution in [3.05, 3.63) is 36.4 Å². The highest BCUT2D eigenvalue weighted by atomic mass is 16.5. The number of benzene rings is 1. The van der Waals surface area contributed by atoms with Gasteiger partial charge in [-0.15, -0.1) is 0 Å². The van der Waals surface area contributed by atoms with Crippen LogP contribution in [0.4, 0.5) is 0 Å². The van der Waals surface area contributed by atoms with Crippen LogP contribution in [-0.4, -0.2) is 19.3 Å². The highest BCUT2D eigenvalue weighted by Crippen LogP contribution is 2.28. The van der Waals surface area contributed by atoms with E-state index in [0.717, 1.165) is 24.1 Å². The van der Waals surface area contributed by atoms with Gasteiger partial charge in [-0.3, -0.25) is 0 Å². The number of ether oxygens (including phenoxy) is 2. The van der Waals surface area contributed by atoms with Crippen molar-refractivity contribution in [2.75, 3.05) is 13.2 Å². The average Bonchev–Trinajstić information content (AvgIpc) is 2.98. The second-order valence-electron chi connectivity index (χ2n) is 5.30. The lowest BCUT2D eigenvalue weighted by atomic mass is 10.1. The Hall–Kier alpha value is -1.48. The standard InChI is InChI=1S/C17H25NO2/c1-3-11-20-16-10-9-14(12-17(16)19-4-2)13-18-15-7-5-6-8-15/h3,9-10,12,15,18H,1,4-8,11,13H2,2H3/p+1. The number of rotatable bonds is 8. The average molecular weight is 276 g/mol. The molecule has 1 aliphatic carbocycles. The van der Waals surface area contributed by atoms with Crippen LogP contribution in [0.2, 0.25) is 0 Å². The second-order valence-corrected chi connectivity index (χ2v) is 5.30. The summed E-state index contributed by atoms with van der Waals surface area (Å²) in [6.45, 7) is 7.85. The van der Waals surface area contributed by atoms with E-state index in [1.54, 1.807) is 6.08 Å². The predicted octanol–water partition coefficient (Wildman–Crippen LogP) is 2.66. The van der Waals surface area contributed by atoms with E-state index in [0.29, 0.717) is 13.2 Å². The van der Waals surface area contributed by atoms with Crippen molar-refractivity contribution in [3.63, 3.8) is 0 Å². The van der Waals surface area contributed by atoms with Gasteiger partial charge < -0.3 is 14.8 Å². The summed E-state index contributed by atoms with van der Waals surface area (Å²) in [4.78, 5) is 0. The zero-order chi connectivity index (χ0) is 14.2. The van der Waals surface area contributed by atoms with E-state index in [4.69, 9.17) is 9.47 Å². The molecule has 0 aliphatic heterocycles. The molecule has 1 aromatic rings. The summed E-state index contributed by atoms with van der Waals surface area (Å²) in [5.41, 5.74) is 1.30. The number of hydrogen-bond donors (Lipinski definition) is 1. The Bertz CT molecular complexity index is 425. The number of nitrogens with two attached hydrogens (primary N) is 1. The maximum atomic E-state index is 5.67. The van der Waals surface area contributed by atoms with Crippen molar-refractivity contribution in [2.45, 2.75) is 45.2 Å². The SMILES string of the molecule is C=CCOc1ccc(C[NH2+]C2CCCC2)cc1OCC. The molecule has 0 bridgehead atoms. The van der Waals surface area contributed by atoms with Crippen LogP contribution in [0.1, 0.15) is 38.2 Å². The van der Waals surface area contributed by atoms with Crippen molar-refractivity contribution < 1.29 is 14.8 Å². The first-order valence-electron chi connectivity index (χ1n) is 7.66. The first kappa shape index (κ1) is 14.9. The van der Waals surface area contributed by atoms with E-state index >= 15 is 0 Å². The quantitative estimate of drug-likeness (QED) is 0.741. The van der Waals surface area contributed by atoms with Gasteiger partial charge in [0, 0.05) is 5.56 Å². The van der Waals surface area contributed by atoms with E-state index in [1.807, 2.05) is 13.0 Å². The summed E-state index contributed by atoms with van der Waals surface area (Å²) in [6, 6.07) is 7.05. The van der Waals surface area contributed by atoms with Crippen LogP contribution in [0.25, 0.3) is 0 Å². The second kappa shape index (κ2) is 7.95. The van der Waals surface area contributed by atoms with Gasteiger partial charge >= 0.3 is 0 Å². The summed E-state index contributed by atoms with van der Waals surface area (Å²) < 4.78 is 11.3. The molecule has 0 aromatic heterocycles. The van der Waals surface area contributed by atoms with Crippen LogP contribution in [-0.2, 0) is 6.54 Å². The van der Waals surface area contributed by atoms with Crippen LogP contribution in [0.15, 0.2) is 30.9 Å².